The number of Topliss-reactive ketones (excluding diaryl/α,β-unsaturated/α-hetero) is 2. The number of anilines is 4. The van der Waals surface area contributed by atoms with Crippen LogP contribution in [0.1, 0.15) is 75.9 Å². The predicted octanol–water partition coefficient (Wildman–Crippen LogP) is 12.3. The molecule has 4 amide bonds. The molecular formula is C48H45Cl5N8O8. The van der Waals surface area contributed by atoms with Gasteiger partial charge in [0.25, 0.3) is 23.6 Å². The monoisotopic (exact) mass is 1040 g/mol. The average Bonchev–Trinajstić information content (AvgIpc) is 3.30. The minimum atomic E-state index is -1.64. The minimum absolute atomic E-state index is 0.0105. The van der Waals surface area contributed by atoms with E-state index in [-0.39, 0.29) is 56.2 Å². The van der Waals surface area contributed by atoms with Gasteiger partial charge in [0.2, 0.25) is 12.1 Å². The Labute approximate surface area is 422 Å². The van der Waals surface area contributed by atoms with Gasteiger partial charge in [0.15, 0.2) is 11.6 Å². The van der Waals surface area contributed by atoms with E-state index in [1.807, 2.05) is 0 Å². The van der Waals surface area contributed by atoms with Gasteiger partial charge in [0.1, 0.15) is 22.9 Å². The van der Waals surface area contributed by atoms with Crippen LogP contribution in [0, 0.1) is 0 Å². The molecule has 0 aliphatic carbocycles. The standard InChI is InChI=1S/C48H45Cl5N8O8/c1-24(50)34-22-32(68-5)10-15-39(34)56-45(64)29-7-12-36(52)41(20-29)58-60-43(26(3)62)47(66)54-31-9-14-38(28(19-31)17-18-49)55-48(67)44(27(4)63)61-59-42-21-30(8-13-37(42)53)46(65)57-40-16-11-33(69-6)23-35(40)25(2)51/h7-16,19-25,43-44H,17-18H2,1-6H3,(H,54,66)(H,55,67)(H,56,64)(H,57,65). The van der Waals surface area contributed by atoms with Crippen molar-refractivity contribution in [3.8, 4) is 11.5 Å². The number of ketones is 2. The normalized spacial score (nSPS) is 13.0. The number of nitrogens with one attached hydrogen (secondary N) is 4. The Bertz CT molecular complexity index is 2840. The number of rotatable bonds is 20. The molecule has 5 aromatic carbocycles. The Morgan fingerprint density at radius 1 is 0.565 bits per heavy atom. The van der Waals surface area contributed by atoms with Gasteiger partial charge in [0, 0.05) is 39.8 Å². The first-order valence-corrected chi connectivity index (χ1v) is 23.0. The number of halogens is 5. The third kappa shape index (κ3) is 14.3. The fourth-order valence-electron chi connectivity index (χ4n) is 6.46. The highest BCUT2D eigenvalue weighted by Crippen LogP contribution is 2.35. The van der Waals surface area contributed by atoms with Crippen LogP contribution in [-0.4, -0.2) is 67.4 Å². The van der Waals surface area contributed by atoms with Crippen LogP contribution in [0.25, 0.3) is 0 Å². The molecule has 5 rings (SSSR count). The van der Waals surface area contributed by atoms with Crippen LogP contribution in [0.4, 0.5) is 34.1 Å². The number of carbonyl (C=O) groups excluding carboxylic acids is 6. The first kappa shape index (κ1) is 53.5. The third-order valence-corrected chi connectivity index (χ3v) is 11.4. The fraction of sp³-hybridized carbons (Fsp3) is 0.250. The smallest absolute Gasteiger partial charge is 0.258 e. The summed E-state index contributed by atoms with van der Waals surface area (Å²) in [4.78, 5) is 79.1. The van der Waals surface area contributed by atoms with Gasteiger partial charge in [-0.15, -0.1) is 34.8 Å². The number of hydrogen-bond acceptors (Lipinski definition) is 12. The number of nitrogens with zero attached hydrogens (tertiary/aromatic N) is 4. The average molecular weight is 1040 g/mol. The quantitative estimate of drug-likeness (QED) is 0.0333. The van der Waals surface area contributed by atoms with Crippen LogP contribution < -0.4 is 30.7 Å². The van der Waals surface area contributed by atoms with Crippen molar-refractivity contribution in [2.45, 2.75) is 57.0 Å². The molecule has 0 fully saturated rings. The van der Waals surface area contributed by atoms with E-state index in [0.29, 0.717) is 39.6 Å². The molecule has 4 atom stereocenters. The molecular weight excluding hydrogens is 994 g/mol. The van der Waals surface area contributed by atoms with Crippen LogP contribution in [0.3, 0.4) is 0 Å². The Morgan fingerprint density at radius 2 is 1.00 bits per heavy atom. The van der Waals surface area contributed by atoms with Crippen molar-refractivity contribution in [2.75, 3.05) is 41.4 Å². The van der Waals surface area contributed by atoms with Gasteiger partial charge in [-0.25, -0.2) is 0 Å². The third-order valence-electron chi connectivity index (χ3n) is 10.1. The van der Waals surface area contributed by atoms with Gasteiger partial charge >= 0.3 is 0 Å². The Hall–Kier alpha value is -6.43. The first-order chi connectivity index (χ1) is 32.8. The van der Waals surface area contributed by atoms with E-state index in [4.69, 9.17) is 67.5 Å². The predicted molar refractivity (Wildman–Crippen MR) is 269 cm³/mol. The lowest BCUT2D eigenvalue weighted by molar-refractivity contribution is -0.127. The summed E-state index contributed by atoms with van der Waals surface area (Å²) in [7, 11) is 3.03. The van der Waals surface area contributed by atoms with Crippen molar-refractivity contribution >= 4 is 127 Å². The Balaban J connectivity index is 1.29. The van der Waals surface area contributed by atoms with E-state index in [2.05, 4.69) is 41.7 Å². The molecule has 4 N–H and O–H groups in total. The summed E-state index contributed by atoms with van der Waals surface area (Å²) in [6.45, 7) is 5.81. The maximum absolute atomic E-state index is 13.6. The second kappa shape index (κ2) is 24.7. The number of methoxy groups -OCH3 is 2. The van der Waals surface area contributed by atoms with E-state index in [1.54, 1.807) is 50.2 Å². The molecule has 4 unspecified atom stereocenters. The lowest BCUT2D eigenvalue weighted by Crippen LogP contribution is -2.32. The second-order valence-electron chi connectivity index (χ2n) is 15.1. The lowest BCUT2D eigenvalue weighted by atomic mass is 10.1. The number of ether oxygens (including phenoxy) is 2. The van der Waals surface area contributed by atoms with Gasteiger partial charge < -0.3 is 30.7 Å². The van der Waals surface area contributed by atoms with E-state index >= 15 is 0 Å². The number of hydrogen-bond donors (Lipinski definition) is 4. The number of carbonyl (C=O) groups is 6. The molecule has 0 spiro atoms. The number of benzene rings is 5. The highest BCUT2D eigenvalue weighted by molar-refractivity contribution is 6.33. The molecule has 360 valence electrons. The molecule has 0 heterocycles. The van der Waals surface area contributed by atoms with Crippen molar-refractivity contribution < 1.29 is 38.2 Å². The summed E-state index contributed by atoms with van der Waals surface area (Å²) in [5.74, 6) is -2.82. The summed E-state index contributed by atoms with van der Waals surface area (Å²) in [6.07, 6.45) is 0.197. The van der Waals surface area contributed by atoms with Gasteiger partial charge in [-0.3, -0.25) is 28.8 Å². The zero-order chi connectivity index (χ0) is 50.5. The van der Waals surface area contributed by atoms with Crippen LogP contribution >= 0.6 is 58.0 Å². The van der Waals surface area contributed by atoms with Crippen molar-refractivity contribution in [3.05, 3.63) is 129 Å². The largest absolute Gasteiger partial charge is 0.497 e. The van der Waals surface area contributed by atoms with Crippen LogP contribution in [0.15, 0.2) is 111 Å². The van der Waals surface area contributed by atoms with Crippen molar-refractivity contribution in [1.82, 2.24) is 0 Å². The fourth-order valence-corrected chi connectivity index (χ4v) is 7.34. The SMILES string of the molecule is COc1ccc(NC(=O)c2ccc(Cl)c(N=NC(C(C)=O)C(=O)Nc3ccc(NC(=O)C(N=Nc4cc(C(=O)Nc5ccc(OC)cc5C(C)Cl)ccc4Cl)C(C)=O)c(CCCl)c3)c2)c(C(C)Cl)c1. The highest BCUT2D eigenvalue weighted by atomic mass is 35.5. The number of azo groups is 2. The molecule has 16 nitrogen and oxygen atoms in total. The molecule has 0 aliphatic heterocycles. The molecule has 0 bridgehead atoms. The van der Waals surface area contributed by atoms with Crippen molar-refractivity contribution in [3.63, 3.8) is 0 Å². The number of amides is 4. The number of alkyl halides is 3. The molecule has 21 heteroatoms. The molecule has 0 saturated carbocycles. The molecule has 5 aromatic rings. The van der Waals surface area contributed by atoms with Gasteiger partial charge in [-0.05, 0) is 142 Å². The topological polar surface area (TPSA) is 218 Å². The zero-order valence-corrected chi connectivity index (χ0v) is 41.6. The van der Waals surface area contributed by atoms with Crippen LogP contribution in [-0.2, 0) is 25.6 Å². The van der Waals surface area contributed by atoms with Crippen molar-refractivity contribution in [1.29, 1.82) is 0 Å². The second-order valence-corrected chi connectivity index (χ2v) is 17.6. The summed E-state index contributed by atoms with van der Waals surface area (Å²) in [5, 5.41) is 26.3. The lowest BCUT2D eigenvalue weighted by Gasteiger charge is -2.16. The van der Waals surface area contributed by atoms with Crippen LogP contribution in [0.2, 0.25) is 10.0 Å². The molecule has 69 heavy (non-hydrogen) atoms. The minimum Gasteiger partial charge on any atom is -0.497 e. The maximum atomic E-state index is 13.6. The van der Waals surface area contributed by atoms with E-state index < -0.39 is 58.0 Å². The number of aryl methyl sites for hydroxylation is 1. The van der Waals surface area contributed by atoms with Crippen molar-refractivity contribution in [2.24, 2.45) is 20.5 Å². The summed E-state index contributed by atoms with van der Waals surface area (Å²) >= 11 is 31.6. The molecule has 0 saturated heterocycles. The van der Waals surface area contributed by atoms with E-state index in [9.17, 15) is 28.8 Å². The Kier molecular flexibility index (Phi) is 19.2. The van der Waals surface area contributed by atoms with Gasteiger partial charge in [0.05, 0.1) is 35.0 Å². The van der Waals surface area contributed by atoms with Gasteiger partial charge in [-0.1, -0.05) is 23.2 Å². The molecule has 0 radical (unpaired) electrons. The summed E-state index contributed by atoms with van der Waals surface area (Å²) in [6, 6.07) is 19.7. The van der Waals surface area contributed by atoms with Crippen LogP contribution in [0.5, 0.6) is 11.5 Å². The maximum Gasteiger partial charge on any atom is 0.258 e. The van der Waals surface area contributed by atoms with E-state index in [0.717, 1.165) is 13.8 Å². The Morgan fingerprint density at radius 3 is 1.41 bits per heavy atom. The van der Waals surface area contributed by atoms with Gasteiger partial charge in [-0.2, -0.15) is 20.5 Å². The zero-order valence-electron chi connectivity index (χ0n) is 37.8. The molecule has 0 aromatic heterocycles. The first-order valence-electron chi connectivity index (χ1n) is 20.8. The summed E-state index contributed by atoms with van der Waals surface area (Å²) < 4.78 is 10.5. The highest BCUT2D eigenvalue weighted by Gasteiger charge is 2.27. The van der Waals surface area contributed by atoms with E-state index in [1.165, 1.54) is 68.8 Å². The molecule has 0 aliphatic rings. The summed E-state index contributed by atoms with van der Waals surface area (Å²) in [5.41, 5.74) is 3.39.